The van der Waals surface area contributed by atoms with E-state index in [0.29, 0.717) is 22.0 Å². The van der Waals surface area contributed by atoms with Gasteiger partial charge in [-0.25, -0.2) is 14.2 Å². The molecule has 0 bridgehead atoms. The van der Waals surface area contributed by atoms with Crippen molar-refractivity contribution in [2.75, 3.05) is 19.0 Å². The van der Waals surface area contributed by atoms with Crippen LogP contribution in [0.15, 0.2) is 53.9 Å². The summed E-state index contributed by atoms with van der Waals surface area (Å²) in [7, 11) is 1.55. The van der Waals surface area contributed by atoms with Gasteiger partial charge >= 0.3 is 5.97 Å². The average Bonchev–Trinajstić information content (AvgIpc) is 3.17. The lowest BCUT2D eigenvalue weighted by atomic mass is 10.2. The molecule has 8 heteroatoms. The molecule has 1 amide bonds. The number of methoxy groups -OCH3 is 1. The Labute approximate surface area is 158 Å². The number of thiazole rings is 1. The van der Waals surface area contributed by atoms with Crippen LogP contribution in [0.1, 0.15) is 10.5 Å². The highest BCUT2D eigenvalue weighted by Crippen LogP contribution is 2.24. The first-order valence-electron chi connectivity index (χ1n) is 7.87. The van der Waals surface area contributed by atoms with Crippen molar-refractivity contribution in [2.24, 2.45) is 0 Å². The van der Waals surface area contributed by atoms with Crippen molar-refractivity contribution in [3.05, 3.63) is 65.4 Å². The van der Waals surface area contributed by atoms with Crippen LogP contribution >= 0.6 is 11.3 Å². The number of rotatable bonds is 6. The predicted molar refractivity (Wildman–Crippen MR) is 99.4 cm³/mol. The molecule has 0 spiro atoms. The molecular formula is C19H15FN2O4S. The van der Waals surface area contributed by atoms with E-state index < -0.39 is 18.5 Å². The lowest BCUT2D eigenvalue weighted by Crippen LogP contribution is -2.21. The first-order chi connectivity index (χ1) is 13.0. The van der Waals surface area contributed by atoms with E-state index >= 15 is 0 Å². The van der Waals surface area contributed by atoms with Gasteiger partial charge in [0, 0.05) is 16.6 Å². The average molecular weight is 386 g/mol. The quantitative estimate of drug-likeness (QED) is 0.653. The Bertz CT molecular complexity index is 939. The van der Waals surface area contributed by atoms with Gasteiger partial charge in [-0.15, -0.1) is 11.3 Å². The van der Waals surface area contributed by atoms with Gasteiger partial charge in [0.05, 0.1) is 7.11 Å². The number of ether oxygens (including phenoxy) is 2. The zero-order valence-corrected chi connectivity index (χ0v) is 15.1. The largest absolute Gasteiger partial charge is 0.497 e. The number of carbonyl (C=O) groups excluding carboxylic acids is 2. The van der Waals surface area contributed by atoms with Crippen molar-refractivity contribution in [1.29, 1.82) is 0 Å². The van der Waals surface area contributed by atoms with Gasteiger partial charge in [-0.05, 0) is 48.5 Å². The lowest BCUT2D eigenvalue weighted by molar-refractivity contribution is -0.119. The molecule has 0 radical (unpaired) electrons. The Morgan fingerprint density at radius 3 is 2.48 bits per heavy atom. The van der Waals surface area contributed by atoms with Gasteiger partial charge in [0.25, 0.3) is 5.91 Å². The second-order valence-corrected chi connectivity index (χ2v) is 6.26. The number of halogens is 1. The molecule has 0 unspecified atom stereocenters. The summed E-state index contributed by atoms with van der Waals surface area (Å²) in [5.74, 6) is -0.857. The Kier molecular flexibility index (Phi) is 5.77. The van der Waals surface area contributed by atoms with Gasteiger partial charge in [0.15, 0.2) is 12.3 Å². The fraction of sp³-hybridized carbons (Fsp3) is 0.105. The highest BCUT2D eigenvalue weighted by atomic mass is 32.1. The smallest absolute Gasteiger partial charge is 0.358 e. The Morgan fingerprint density at radius 2 is 1.81 bits per heavy atom. The van der Waals surface area contributed by atoms with E-state index in [1.54, 1.807) is 43.5 Å². The summed E-state index contributed by atoms with van der Waals surface area (Å²) in [4.78, 5) is 28.1. The number of nitrogens with one attached hydrogen (secondary N) is 1. The number of benzene rings is 2. The minimum atomic E-state index is -0.704. The maximum Gasteiger partial charge on any atom is 0.358 e. The number of hydrogen-bond acceptors (Lipinski definition) is 6. The van der Waals surface area contributed by atoms with Crippen LogP contribution in [0.2, 0.25) is 0 Å². The van der Waals surface area contributed by atoms with Crippen molar-refractivity contribution < 1.29 is 23.5 Å². The fourth-order valence-corrected chi connectivity index (χ4v) is 2.96. The van der Waals surface area contributed by atoms with E-state index in [1.165, 1.54) is 28.8 Å². The maximum atomic E-state index is 13.0. The Balaban J connectivity index is 1.54. The zero-order valence-electron chi connectivity index (χ0n) is 14.3. The molecule has 27 heavy (non-hydrogen) atoms. The summed E-state index contributed by atoms with van der Waals surface area (Å²) < 4.78 is 23.0. The lowest BCUT2D eigenvalue weighted by Gasteiger charge is -2.06. The summed E-state index contributed by atoms with van der Waals surface area (Å²) in [6.45, 7) is -0.436. The molecular weight excluding hydrogens is 371 g/mol. The highest BCUT2D eigenvalue weighted by molar-refractivity contribution is 7.13. The number of aromatic nitrogens is 1. The standard InChI is InChI=1S/C19H15FN2O4S/c1-25-15-8-6-14(7-9-15)21-17(23)10-26-19(24)16-11-27-18(22-16)12-2-4-13(20)5-3-12/h2-9,11H,10H2,1H3,(H,21,23). The van der Waals surface area contributed by atoms with Crippen molar-refractivity contribution in [2.45, 2.75) is 0 Å². The van der Waals surface area contributed by atoms with Crippen molar-refractivity contribution >= 4 is 28.9 Å². The van der Waals surface area contributed by atoms with Crippen LogP contribution in [0.25, 0.3) is 10.6 Å². The molecule has 0 saturated carbocycles. The van der Waals surface area contributed by atoms with E-state index in [-0.39, 0.29) is 11.5 Å². The molecule has 3 aromatic rings. The monoisotopic (exact) mass is 386 g/mol. The molecule has 1 heterocycles. The van der Waals surface area contributed by atoms with Gasteiger partial charge < -0.3 is 14.8 Å². The number of hydrogen-bond donors (Lipinski definition) is 1. The van der Waals surface area contributed by atoms with E-state index in [2.05, 4.69) is 10.3 Å². The van der Waals surface area contributed by atoms with E-state index in [4.69, 9.17) is 9.47 Å². The second kappa shape index (κ2) is 8.41. The number of amides is 1. The Morgan fingerprint density at radius 1 is 1.11 bits per heavy atom. The second-order valence-electron chi connectivity index (χ2n) is 5.40. The van der Waals surface area contributed by atoms with Crippen LogP contribution in [-0.4, -0.2) is 30.6 Å². The summed E-state index contributed by atoms with van der Waals surface area (Å²) in [5.41, 5.74) is 1.35. The molecule has 0 atom stereocenters. The third-order valence-corrected chi connectivity index (χ3v) is 4.40. The first-order valence-corrected chi connectivity index (χ1v) is 8.75. The molecule has 0 aliphatic rings. The van der Waals surface area contributed by atoms with Crippen LogP contribution in [0.4, 0.5) is 10.1 Å². The predicted octanol–water partition coefficient (Wildman–Crippen LogP) is 3.75. The van der Waals surface area contributed by atoms with Crippen molar-refractivity contribution in [3.8, 4) is 16.3 Å². The SMILES string of the molecule is COc1ccc(NC(=O)COC(=O)c2csc(-c3ccc(F)cc3)n2)cc1. The molecule has 138 valence electrons. The van der Waals surface area contributed by atoms with E-state index in [9.17, 15) is 14.0 Å². The fourth-order valence-electron chi connectivity index (χ4n) is 2.17. The highest BCUT2D eigenvalue weighted by Gasteiger charge is 2.15. The van der Waals surface area contributed by atoms with Crippen molar-refractivity contribution in [1.82, 2.24) is 4.98 Å². The molecule has 0 saturated heterocycles. The zero-order chi connectivity index (χ0) is 19.2. The van der Waals surface area contributed by atoms with Gasteiger partial charge in [0.1, 0.15) is 16.6 Å². The number of esters is 1. The van der Waals surface area contributed by atoms with Crippen LogP contribution in [0.5, 0.6) is 5.75 Å². The number of anilines is 1. The Hall–Kier alpha value is -3.26. The van der Waals surface area contributed by atoms with Gasteiger partial charge in [-0.2, -0.15) is 0 Å². The molecule has 1 N–H and O–H groups in total. The summed E-state index contributed by atoms with van der Waals surface area (Å²) in [6, 6.07) is 12.5. The van der Waals surface area contributed by atoms with Crippen LogP contribution < -0.4 is 10.1 Å². The van der Waals surface area contributed by atoms with Crippen molar-refractivity contribution in [3.63, 3.8) is 0 Å². The normalized spacial score (nSPS) is 10.3. The van der Waals surface area contributed by atoms with Crippen LogP contribution in [0.3, 0.4) is 0 Å². The third-order valence-electron chi connectivity index (χ3n) is 3.51. The maximum absolute atomic E-state index is 13.0. The van der Waals surface area contributed by atoms with Gasteiger partial charge in [0.2, 0.25) is 0 Å². The summed E-state index contributed by atoms with van der Waals surface area (Å²) in [6.07, 6.45) is 0. The van der Waals surface area contributed by atoms with E-state index in [0.717, 1.165) is 0 Å². The molecule has 0 aliphatic heterocycles. The number of nitrogens with zero attached hydrogens (tertiary/aromatic N) is 1. The first kappa shape index (κ1) is 18.5. The summed E-state index contributed by atoms with van der Waals surface area (Å²) in [5, 5.41) is 4.70. The number of carbonyl (C=O) groups is 2. The minimum absolute atomic E-state index is 0.0940. The topological polar surface area (TPSA) is 77.5 Å². The third kappa shape index (κ3) is 4.89. The molecule has 0 aliphatic carbocycles. The minimum Gasteiger partial charge on any atom is -0.497 e. The molecule has 6 nitrogen and oxygen atoms in total. The molecule has 1 aromatic heterocycles. The van der Waals surface area contributed by atoms with Crippen LogP contribution in [0, 0.1) is 5.82 Å². The van der Waals surface area contributed by atoms with Gasteiger partial charge in [-0.3, -0.25) is 4.79 Å². The van der Waals surface area contributed by atoms with E-state index in [1.807, 2.05) is 0 Å². The van der Waals surface area contributed by atoms with Crippen LogP contribution in [-0.2, 0) is 9.53 Å². The molecule has 0 fully saturated rings. The summed E-state index contributed by atoms with van der Waals surface area (Å²) >= 11 is 1.23. The van der Waals surface area contributed by atoms with Gasteiger partial charge in [-0.1, -0.05) is 0 Å². The molecule has 2 aromatic carbocycles. The molecule has 3 rings (SSSR count).